The Labute approximate surface area is 279 Å². The van der Waals surface area contributed by atoms with Crippen LogP contribution in [0.1, 0.15) is 31.7 Å². The smallest absolute Gasteiger partial charge is 0.453 e. The average Bonchev–Trinajstić information content (AvgIpc) is 2.96. The third kappa shape index (κ3) is 12.8. The topological polar surface area (TPSA) is 93.4 Å². The molecule has 2 aromatic carbocycles. The largest absolute Gasteiger partial charge is 0.573 e. The van der Waals surface area contributed by atoms with Crippen LogP contribution in [0.25, 0.3) is 22.1 Å². The number of alkyl halides is 11. The van der Waals surface area contributed by atoms with Gasteiger partial charge in [0.05, 0.1) is 11.3 Å². The summed E-state index contributed by atoms with van der Waals surface area (Å²) in [4.78, 5) is 23.4. The third-order valence-electron chi connectivity index (χ3n) is 6.07. The first-order valence-corrected chi connectivity index (χ1v) is 15.0. The van der Waals surface area contributed by atoms with Gasteiger partial charge in [-0.3, -0.25) is 0 Å². The van der Waals surface area contributed by atoms with Gasteiger partial charge in [0, 0.05) is 21.9 Å². The van der Waals surface area contributed by atoms with Crippen molar-refractivity contribution in [2.75, 3.05) is 12.4 Å². The Balaban J connectivity index is 1.74. The van der Waals surface area contributed by atoms with Crippen LogP contribution < -0.4 is 10.4 Å². The molecule has 0 aliphatic heterocycles. The van der Waals surface area contributed by atoms with Crippen LogP contribution in [0.3, 0.4) is 0 Å². The number of aryl methyl sites for hydroxylation is 1. The van der Waals surface area contributed by atoms with E-state index in [9.17, 15) is 57.9 Å². The van der Waals surface area contributed by atoms with Crippen LogP contribution >= 0.6 is 11.8 Å². The highest BCUT2D eigenvalue weighted by Gasteiger charge is 2.56. The van der Waals surface area contributed by atoms with Crippen molar-refractivity contribution in [1.82, 2.24) is 0 Å². The number of hydrogen-bond acceptors (Lipinski definition) is 9. The molecule has 0 amide bonds. The first-order chi connectivity index (χ1) is 23.0. The number of halogens is 11. The van der Waals surface area contributed by atoms with E-state index < -0.39 is 60.9 Å². The van der Waals surface area contributed by atoms with Crippen LogP contribution in [0, 0.1) is 0 Å². The third-order valence-corrected chi connectivity index (χ3v) is 7.14. The van der Waals surface area contributed by atoms with Crippen LogP contribution in [-0.4, -0.2) is 49.5 Å². The number of benzene rings is 2. The maximum Gasteiger partial charge on any atom is 0.573 e. The van der Waals surface area contributed by atoms with E-state index in [1.54, 1.807) is 0 Å². The molecule has 20 heteroatoms. The number of thioether (sulfide) groups is 1. The standard InChI is InChI=1S/C30H25F11O8S/c1-3-5-6-7-17-8-11-20(23(12-17)46-28(35,36)37)21-13-18-9-10-19(14-22(18)45-25(21)43)50-16-27(33,34)48-30(40,41)49-29(38,39)47-26(31,32)15-44-24(42)4-2/h4,8-14H,2-3,5-7,15-16H2,1H3. The Morgan fingerprint density at radius 1 is 0.840 bits per heavy atom. The summed E-state index contributed by atoms with van der Waals surface area (Å²) in [5, 5.41) is 0.0927. The van der Waals surface area contributed by atoms with Crippen molar-refractivity contribution in [3.63, 3.8) is 0 Å². The minimum absolute atomic E-state index is 0.0809. The first kappa shape index (κ1) is 40.5. The SMILES string of the molecule is C=CC(=O)OCC(F)(F)OC(F)(F)OC(F)(F)OC(F)(F)CSc1ccc2cc(-c3ccc(CCCCC)cc3OC(F)(F)F)c(=O)oc2c1. The summed E-state index contributed by atoms with van der Waals surface area (Å²) in [5.74, 6) is -3.91. The molecular weight excluding hydrogens is 729 g/mol. The summed E-state index contributed by atoms with van der Waals surface area (Å²) in [7, 11) is 0. The molecule has 0 N–H and O–H groups in total. The van der Waals surface area contributed by atoms with E-state index in [4.69, 9.17) is 4.42 Å². The van der Waals surface area contributed by atoms with Gasteiger partial charge in [-0.05, 0) is 42.7 Å². The Kier molecular flexibility index (Phi) is 13.0. The number of carbonyl (C=O) groups is 1. The molecule has 3 aromatic rings. The summed E-state index contributed by atoms with van der Waals surface area (Å²) in [6.45, 7) is 2.57. The molecule has 0 saturated carbocycles. The zero-order valence-electron chi connectivity index (χ0n) is 25.4. The zero-order valence-corrected chi connectivity index (χ0v) is 26.2. The number of rotatable bonds is 18. The summed E-state index contributed by atoms with van der Waals surface area (Å²) < 4.78 is 171. The second kappa shape index (κ2) is 16.0. The monoisotopic (exact) mass is 754 g/mol. The second-order valence-corrected chi connectivity index (χ2v) is 11.1. The van der Waals surface area contributed by atoms with E-state index in [0.717, 1.165) is 37.1 Å². The Hall–Kier alpha value is -3.88. The summed E-state index contributed by atoms with van der Waals surface area (Å²) in [6, 6.07) is 8.36. The van der Waals surface area contributed by atoms with Gasteiger partial charge >= 0.3 is 42.8 Å². The molecule has 1 heterocycles. The predicted octanol–water partition coefficient (Wildman–Crippen LogP) is 9.25. The Bertz CT molecular complexity index is 1710. The van der Waals surface area contributed by atoms with Gasteiger partial charge in [-0.25, -0.2) is 23.8 Å². The normalized spacial score (nSPS) is 13.0. The van der Waals surface area contributed by atoms with Crippen LogP contribution in [0.15, 0.2) is 69.2 Å². The fourth-order valence-corrected chi connectivity index (χ4v) is 4.82. The molecule has 0 aliphatic carbocycles. The molecule has 0 unspecified atom stereocenters. The molecule has 0 saturated heterocycles. The lowest BCUT2D eigenvalue weighted by Crippen LogP contribution is -2.46. The van der Waals surface area contributed by atoms with E-state index in [1.807, 2.05) is 6.92 Å². The van der Waals surface area contributed by atoms with E-state index >= 15 is 0 Å². The molecular formula is C30H25F11O8S. The number of hydrogen-bond donors (Lipinski definition) is 0. The van der Waals surface area contributed by atoms with E-state index in [0.29, 0.717) is 24.5 Å². The van der Waals surface area contributed by atoms with Gasteiger partial charge in [-0.15, -0.1) is 42.5 Å². The van der Waals surface area contributed by atoms with Gasteiger partial charge in [0.15, 0.2) is 6.61 Å². The predicted molar refractivity (Wildman–Crippen MR) is 153 cm³/mol. The summed E-state index contributed by atoms with van der Waals surface area (Å²) in [6.07, 6.45) is -23.9. The molecule has 0 radical (unpaired) electrons. The molecule has 8 nitrogen and oxygen atoms in total. The number of esters is 1. The van der Waals surface area contributed by atoms with Crippen LogP contribution in [0.4, 0.5) is 48.3 Å². The number of unbranched alkanes of at least 4 members (excludes halogenated alkanes) is 2. The highest BCUT2D eigenvalue weighted by Crippen LogP contribution is 2.40. The maximum absolute atomic E-state index is 14.2. The van der Waals surface area contributed by atoms with Gasteiger partial charge in [-0.2, -0.15) is 17.6 Å². The lowest BCUT2D eigenvalue weighted by molar-refractivity contribution is -0.572. The average molecular weight is 755 g/mol. The second-order valence-electron chi connectivity index (χ2n) is 10.1. The van der Waals surface area contributed by atoms with Gasteiger partial charge in [0.2, 0.25) is 0 Å². The lowest BCUT2D eigenvalue weighted by atomic mass is 10.00. The molecule has 0 aliphatic rings. The van der Waals surface area contributed by atoms with Gasteiger partial charge in [0.1, 0.15) is 11.3 Å². The van der Waals surface area contributed by atoms with Crippen molar-refractivity contribution in [1.29, 1.82) is 0 Å². The molecule has 276 valence electrons. The molecule has 3 rings (SSSR count). The zero-order chi connectivity index (χ0) is 37.5. The van der Waals surface area contributed by atoms with Crippen molar-refractivity contribution >= 4 is 28.7 Å². The minimum atomic E-state index is -5.94. The van der Waals surface area contributed by atoms with Crippen molar-refractivity contribution in [2.24, 2.45) is 0 Å². The van der Waals surface area contributed by atoms with Crippen LogP contribution in [0.2, 0.25) is 0 Å². The van der Waals surface area contributed by atoms with Crippen molar-refractivity contribution in [3.8, 4) is 16.9 Å². The van der Waals surface area contributed by atoms with E-state index in [-0.39, 0.29) is 38.8 Å². The minimum Gasteiger partial charge on any atom is -0.453 e. The van der Waals surface area contributed by atoms with Crippen LogP contribution in [-0.2, 0) is 30.2 Å². The summed E-state index contributed by atoms with van der Waals surface area (Å²) >= 11 is 0.0809. The van der Waals surface area contributed by atoms with E-state index in [2.05, 4.69) is 30.3 Å². The van der Waals surface area contributed by atoms with Crippen molar-refractivity contribution in [2.45, 2.75) is 68.7 Å². The maximum atomic E-state index is 14.2. The van der Waals surface area contributed by atoms with Gasteiger partial charge < -0.3 is 13.9 Å². The fraction of sp³-hybridized carbons (Fsp3) is 0.400. The molecule has 0 atom stereocenters. The summed E-state index contributed by atoms with van der Waals surface area (Å²) in [5.41, 5.74) is -1.50. The highest BCUT2D eigenvalue weighted by atomic mass is 32.2. The molecule has 0 bridgehead atoms. The Morgan fingerprint density at radius 3 is 2.12 bits per heavy atom. The lowest BCUT2D eigenvalue weighted by Gasteiger charge is -2.27. The highest BCUT2D eigenvalue weighted by molar-refractivity contribution is 7.99. The van der Waals surface area contributed by atoms with E-state index in [1.165, 1.54) is 18.2 Å². The molecule has 50 heavy (non-hydrogen) atoms. The number of ether oxygens (including phenoxy) is 5. The van der Waals surface area contributed by atoms with Crippen molar-refractivity contribution in [3.05, 3.63) is 71.1 Å². The quantitative estimate of drug-likeness (QED) is 0.0240. The number of carbonyl (C=O) groups excluding carboxylic acids is 1. The van der Waals surface area contributed by atoms with Crippen LogP contribution in [0.5, 0.6) is 5.75 Å². The first-order valence-electron chi connectivity index (χ1n) is 14.0. The number of fused-ring (bicyclic) bond motifs is 1. The molecule has 1 aromatic heterocycles. The molecule has 0 fully saturated rings. The fourth-order valence-electron chi connectivity index (χ4n) is 4.07. The van der Waals surface area contributed by atoms with Gasteiger partial charge in [-0.1, -0.05) is 44.5 Å². The van der Waals surface area contributed by atoms with Gasteiger partial charge in [0.25, 0.3) is 0 Å². The van der Waals surface area contributed by atoms with Crippen molar-refractivity contribution < 1.29 is 81.2 Å². The molecule has 0 spiro atoms. The Morgan fingerprint density at radius 2 is 1.50 bits per heavy atom.